The third-order valence-electron chi connectivity index (χ3n) is 6.80. The summed E-state index contributed by atoms with van der Waals surface area (Å²) < 4.78 is 0. The lowest BCUT2D eigenvalue weighted by molar-refractivity contribution is -0.114. The zero-order valence-electron chi connectivity index (χ0n) is 18.4. The number of nitriles is 1. The van der Waals surface area contributed by atoms with Crippen LogP contribution in [-0.2, 0) is 11.4 Å². The fourth-order valence-corrected chi connectivity index (χ4v) is 5.73. The molecular weight excluding hydrogens is 453 g/mol. The van der Waals surface area contributed by atoms with E-state index in [0.29, 0.717) is 27.6 Å². The normalized spacial score (nSPS) is 23.3. The smallest absolute Gasteiger partial charge is 0.0991 e. The zero-order valence-corrected chi connectivity index (χ0v) is 19.9. The number of benzene rings is 3. The Morgan fingerprint density at radius 2 is 1.76 bits per heavy atom. The van der Waals surface area contributed by atoms with Gasteiger partial charge in [-0.2, -0.15) is 10.3 Å². The van der Waals surface area contributed by atoms with Gasteiger partial charge >= 0.3 is 0 Å². The molecule has 2 saturated heterocycles. The predicted molar refractivity (Wildman–Crippen MR) is 132 cm³/mol. The van der Waals surface area contributed by atoms with Gasteiger partial charge in [0.25, 0.3) is 0 Å². The van der Waals surface area contributed by atoms with E-state index < -0.39 is 0 Å². The van der Waals surface area contributed by atoms with Crippen LogP contribution in [0.25, 0.3) is 11.1 Å². The molecule has 0 amide bonds. The molecule has 6 heteroatoms. The van der Waals surface area contributed by atoms with Crippen LogP contribution in [0, 0.1) is 17.2 Å². The van der Waals surface area contributed by atoms with Crippen molar-refractivity contribution in [1.29, 1.82) is 5.26 Å². The Morgan fingerprint density at radius 1 is 1.00 bits per heavy atom. The number of hydrogen-bond acceptors (Lipinski definition) is 4. The summed E-state index contributed by atoms with van der Waals surface area (Å²) in [5.41, 5.74) is 5.33. The van der Waals surface area contributed by atoms with Crippen LogP contribution in [-0.4, -0.2) is 36.2 Å². The van der Waals surface area contributed by atoms with Gasteiger partial charge < -0.3 is 0 Å². The van der Waals surface area contributed by atoms with Crippen molar-refractivity contribution in [1.82, 2.24) is 9.96 Å². The van der Waals surface area contributed by atoms with Crippen LogP contribution in [0.2, 0.25) is 10.0 Å². The molecule has 3 aromatic rings. The second-order valence-electron chi connectivity index (χ2n) is 8.94. The minimum Gasteiger partial charge on any atom is -0.299 e. The van der Waals surface area contributed by atoms with Crippen molar-refractivity contribution < 1.29 is 4.84 Å². The van der Waals surface area contributed by atoms with Gasteiger partial charge in [-0.1, -0.05) is 53.5 Å². The fraction of sp³-hybridized carbons (Fsp3) is 0.296. The van der Waals surface area contributed by atoms with Crippen LogP contribution in [0.15, 0.2) is 66.7 Å². The number of hydroxylamine groups is 2. The summed E-state index contributed by atoms with van der Waals surface area (Å²) in [5.74, 6) is 0.475. The molecular formula is C27H25Cl2N3O. The highest BCUT2D eigenvalue weighted by Crippen LogP contribution is 2.40. The van der Waals surface area contributed by atoms with E-state index >= 15 is 0 Å². The summed E-state index contributed by atoms with van der Waals surface area (Å²) in [4.78, 5) is 8.41. The van der Waals surface area contributed by atoms with Crippen molar-refractivity contribution in [3.05, 3.63) is 93.5 Å². The molecule has 4 nitrogen and oxygen atoms in total. The van der Waals surface area contributed by atoms with Crippen LogP contribution in [0.1, 0.15) is 29.2 Å². The molecule has 5 rings (SSSR count). The topological polar surface area (TPSA) is 39.5 Å². The van der Waals surface area contributed by atoms with Gasteiger partial charge in [0.1, 0.15) is 0 Å². The van der Waals surface area contributed by atoms with E-state index in [1.54, 1.807) is 6.07 Å². The molecule has 2 aliphatic rings. The first kappa shape index (κ1) is 22.4. The number of fused-ring (bicyclic) bond motifs is 1. The van der Waals surface area contributed by atoms with Crippen molar-refractivity contribution in [3.8, 4) is 17.2 Å². The Labute approximate surface area is 204 Å². The quantitative estimate of drug-likeness (QED) is 0.439. The van der Waals surface area contributed by atoms with E-state index in [1.165, 1.54) is 5.56 Å². The summed E-state index contributed by atoms with van der Waals surface area (Å²) >= 11 is 12.6. The molecule has 2 heterocycles. The molecule has 33 heavy (non-hydrogen) atoms. The van der Waals surface area contributed by atoms with Crippen molar-refractivity contribution in [2.75, 3.05) is 20.2 Å². The van der Waals surface area contributed by atoms with Gasteiger partial charge in [-0.05, 0) is 65.1 Å². The molecule has 0 N–H and O–H groups in total. The van der Waals surface area contributed by atoms with Crippen LogP contribution in [0.4, 0.5) is 0 Å². The summed E-state index contributed by atoms with van der Waals surface area (Å²) in [6.45, 7) is 2.48. The first-order chi connectivity index (χ1) is 16.0. The van der Waals surface area contributed by atoms with E-state index in [0.717, 1.165) is 42.8 Å². The number of hydrogen-bond donors (Lipinski definition) is 0. The monoisotopic (exact) mass is 477 g/mol. The first-order valence-electron chi connectivity index (χ1n) is 11.2. The molecule has 0 aliphatic carbocycles. The molecule has 0 spiro atoms. The molecule has 0 aromatic heterocycles. The first-order valence-corrected chi connectivity index (χ1v) is 11.9. The fourth-order valence-electron chi connectivity index (χ4n) is 5.16. The molecule has 0 bridgehead atoms. The van der Waals surface area contributed by atoms with E-state index in [1.807, 2.05) is 48.5 Å². The van der Waals surface area contributed by atoms with Crippen LogP contribution < -0.4 is 0 Å². The Morgan fingerprint density at radius 3 is 2.48 bits per heavy atom. The van der Waals surface area contributed by atoms with E-state index in [4.69, 9.17) is 33.3 Å². The average Bonchev–Trinajstić information content (AvgIpc) is 3.17. The maximum absolute atomic E-state index is 9.11. The van der Waals surface area contributed by atoms with Gasteiger partial charge in [-0.3, -0.25) is 9.74 Å². The molecule has 0 unspecified atom stereocenters. The van der Waals surface area contributed by atoms with E-state index in [9.17, 15) is 0 Å². The second-order valence-corrected chi connectivity index (χ2v) is 9.82. The average molecular weight is 478 g/mol. The SMILES string of the molecule is CN1OC[C@@H]2CN(Cc3cc(Cl)cc(Cl)c3)[C@H](c3cccc(-c4ccc(C#N)cc4)c3)C[C@@H]21. The summed E-state index contributed by atoms with van der Waals surface area (Å²) in [6.07, 6.45) is 0.992. The maximum atomic E-state index is 9.11. The highest BCUT2D eigenvalue weighted by atomic mass is 35.5. The Kier molecular flexibility index (Phi) is 6.42. The van der Waals surface area contributed by atoms with E-state index in [2.05, 4.69) is 35.2 Å². The number of rotatable bonds is 4. The summed E-state index contributed by atoms with van der Waals surface area (Å²) in [6, 6.07) is 25.1. The van der Waals surface area contributed by atoms with Crippen molar-refractivity contribution >= 4 is 23.2 Å². The zero-order chi connectivity index (χ0) is 22.9. The Hall–Kier alpha value is -2.39. The number of nitrogens with zero attached hydrogens (tertiary/aromatic N) is 3. The largest absolute Gasteiger partial charge is 0.299 e. The molecule has 2 aliphatic heterocycles. The van der Waals surface area contributed by atoms with Gasteiger partial charge in [-0.25, -0.2) is 0 Å². The highest BCUT2D eigenvalue weighted by molar-refractivity contribution is 6.34. The molecule has 0 radical (unpaired) electrons. The lowest BCUT2D eigenvalue weighted by Crippen LogP contribution is -2.46. The highest BCUT2D eigenvalue weighted by Gasteiger charge is 2.42. The molecule has 0 saturated carbocycles. The van der Waals surface area contributed by atoms with Crippen LogP contribution in [0.3, 0.4) is 0 Å². The summed E-state index contributed by atoms with van der Waals surface area (Å²) in [7, 11) is 2.04. The van der Waals surface area contributed by atoms with Gasteiger partial charge in [0.15, 0.2) is 0 Å². The number of halogens is 2. The van der Waals surface area contributed by atoms with Gasteiger partial charge in [-0.15, -0.1) is 0 Å². The van der Waals surface area contributed by atoms with Crippen LogP contribution >= 0.6 is 23.2 Å². The molecule has 3 atom stereocenters. The van der Waals surface area contributed by atoms with Gasteiger partial charge in [0, 0.05) is 48.2 Å². The number of piperidine rings is 1. The maximum Gasteiger partial charge on any atom is 0.0991 e. The standard InChI is InChI=1S/C27H25Cl2N3O/c1-31-26-13-27(22-4-2-3-21(11-22)20-7-5-18(14-30)6-8-20)32(16-23(26)17-33-31)15-19-9-24(28)12-25(29)10-19/h2-12,23,26-27H,13,15-17H2,1H3/t23-,26-,27-/m0/s1. The minimum absolute atomic E-state index is 0.242. The third-order valence-corrected chi connectivity index (χ3v) is 7.24. The number of likely N-dealkylation sites (tertiary alicyclic amines) is 1. The Balaban J connectivity index is 1.48. The van der Waals surface area contributed by atoms with Crippen molar-refractivity contribution in [3.63, 3.8) is 0 Å². The molecule has 2 fully saturated rings. The van der Waals surface area contributed by atoms with E-state index in [-0.39, 0.29) is 6.04 Å². The minimum atomic E-state index is 0.242. The third kappa shape index (κ3) is 4.80. The molecule has 168 valence electrons. The van der Waals surface area contributed by atoms with Crippen LogP contribution in [0.5, 0.6) is 0 Å². The summed E-state index contributed by atoms with van der Waals surface area (Å²) in [5, 5.41) is 12.5. The second kappa shape index (κ2) is 9.46. The Bertz CT molecular complexity index is 1170. The van der Waals surface area contributed by atoms with Gasteiger partial charge in [0.2, 0.25) is 0 Å². The lowest BCUT2D eigenvalue weighted by atomic mass is 9.84. The predicted octanol–water partition coefficient (Wildman–Crippen LogP) is 6.34. The van der Waals surface area contributed by atoms with Crippen molar-refractivity contribution in [2.24, 2.45) is 5.92 Å². The van der Waals surface area contributed by atoms with Crippen molar-refractivity contribution in [2.45, 2.75) is 25.0 Å². The lowest BCUT2D eigenvalue weighted by Gasteiger charge is -2.42. The molecule has 3 aromatic carbocycles. The van der Waals surface area contributed by atoms with Gasteiger partial charge in [0.05, 0.1) is 18.2 Å².